The zero-order chi connectivity index (χ0) is 24.9. The van der Waals surface area contributed by atoms with Gasteiger partial charge in [0.15, 0.2) is 6.10 Å². The first-order valence-corrected chi connectivity index (χ1v) is 12.1. The van der Waals surface area contributed by atoms with Crippen LogP contribution in [-0.2, 0) is 0 Å². The van der Waals surface area contributed by atoms with E-state index in [0.717, 1.165) is 31.5 Å². The van der Waals surface area contributed by atoms with Crippen molar-refractivity contribution in [2.45, 2.75) is 31.9 Å². The maximum Gasteiger partial charge on any atom is 0.261 e. The number of anilines is 2. The fourth-order valence-corrected chi connectivity index (χ4v) is 5.04. The Morgan fingerprint density at radius 2 is 2.06 bits per heavy atom. The van der Waals surface area contributed by atoms with Gasteiger partial charge in [-0.15, -0.1) is 11.3 Å². The zero-order valence-corrected chi connectivity index (χ0v) is 20.3. The van der Waals surface area contributed by atoms with Crippen molar-refractivity contribution in [3.63, 3.8) is 0 Å². The van der Waals surface area contributed by atoms with Crippen LogP contribution in [0.2, 0.25) is 0 Å². The minimum Gasteiger partial charge on any atom is -0.483 e. The number of nitriles is 1. The van der Waals surface area contributed by atoms with Crippen LogP contribution in [0.3, 0.4) is 0 Å². The number of nitrogens with zero attached hydrogens (tertiary/aromatic N) is 4. The Bertz CT molecular complexity index is 1250. The fourth-order valence-electron chi connectivity index (χ4n) is 3.99. The number of benzene rings is 1. The highest BCUT2D eigenvalue weighted by molar-refractivity contribution is 7.20. The highest BCUT2D eigenvalue weighted by atomic mass is 32.1. The average Bonchev–Trinajstić information content (AvgIpc) is 3.22. The molecule has 0 saturated carbocycles. The van der Waals surface area contributed by atoms with Crippen molar-refractivity contribution < 1.29 is 18.3 Å². The van der Waals surface area contributed by atoms with Crippen LogP contribution < -0.4 is 15.4 Å². The molecule has 0 radical (unpaired) electrons. The molecule has 0 aliphatic carbocycles. The van der Waals surface area contributed by atoms with Gasteiger partial charge in [-0.1, -0.05) is 0 Å². The van der Waals surface area contributed by atoms with Crippen LogP contribution in [-0.4, -0.2) is 66.4 Å². The molecule has 2 aromatic heterocycles. The second-order valence-electron chi connectivity index (χ2n) is 8.51. The van der Waals surface area contributed by atoms with Crippen molar-refractivity contribution in [1.82, 2.24) is 20.2 Å². The number of halogens is 2. The normalized spacial score (nSPS) is 14.7. The third-order valence-electron chi connectivity index (χ3n) is 5.99. The summed E-state index contributed by atoms with van der Waals surface area (Å²) < 4.78 is 31.7. The second-order valence-corrected chi connectivity index (χ2v) is 9.50. The number of rotatable bonds is 8. The van der Waals surface area contributed by atoms with E-state index >= 15 is 0 Å². The number of thiophene rings is 1. The third kappa shape index (κ3) is 5.49. The number of hydrogen-bond acceptors (Lipinski definition) is 8. The van der Waals surface area contributed by atoms with Crippen molar-refractivity contribution in [2.24, 2.45) is 0 Å². The summed E-state index contributed by atoms with van der Waals surface area (Å²) in [5.41, 5.74) is 1.41. The summed E-state index contributed by atoms with van der Waals surface area (Å²) >= 11 is 1.29. The molecule has 0 atom stereocenters. The molecule has 1 saturated heterocycles. The van der Waals surface area contributed by atoms with Gasteiger partial charge in [0.25, 0.3) is 5.91 Å². The van der Waals surface area contributed by atoms with Gasteiger partial charge in [0.1, 0.15) is 36.1 Å². The molecular weight excluding hydrogens is 474 g/mol. The van der Waals surface area contributed by atoms with Gasteiger partial charge in [-0.2, -0.15) is 5.26 Å². The lowest BCUT2D eigenvalue weighted by Gasteiger charge is -2.29. The van der Waals surface area contributed by atoms with E-state index in [1.54, 1.807) is 12.1 Å². The lowest BCUT2D eigenvalue weighted by molar-refractivity contribution is 0.0920. The van der Waals surface area contributed by atoms with E-state index in [4.69, 9.17) is 4.74 Å². The molecule has 1 amide bonds. The summed E-state index contributed by atoms with van der Waals surface area (Å²) in [6.07, 6.45) is 1.90. The predicted octanol–water partition coefficient (Wildman–Crippen LogP) is 4.13. The van der Waals surface area contributed by atoms with E-state index in [9.17, 15) is 18.8 Å². The Hall–Kier alpha value is -3.36. The van der Waals surface area contributed by atoms with Crippen LogP contribution in [0.1, 0.15) is 33.6 Å². The molecule has 0 unspecified atom stereocenters. The summed E-state index contributed by atoms with van der Waals surface area (Å²) in [6.45, 7) is 1.70. The van der Waals surface area contributed by atoms with Crippen LogP contribution in [0.15, 0.2) is 24.5 Å². The van der Waals surface area contributed by atoms with Crippen molar-refractivity contribution in [3.8, 4) is 11.8 Å². The zero-order valence-electron chi connectivity index (χ0n) is 19.5. The number of aryl methyl sites for hydroxylation is 1. The monoisotopic (exact) mass is 500 g/mol. The number of nitrogens with one attached hydrogen (secondary N) is 2. The average molecular weight is 501 g/mol. The van der Waals surface area contributed by atoms with Crippen LogP contribution in [0.25, 0.3) is 10.2 Å². The fraction of sp³-hybridized carbons (Fsp3) is 0.417. The van der Waals surface area contributed by atoms with Gasteiger partial charge in [0.05, 0.1) is 27.6 Å². The molecule has 1 aliphatic rings. The molecular formula is C24H26F2N6O2S. The SMILES string of the molecule is Cc1c(C(=O)NC2CCN(C)CC2)sc2ncnc(Nc3ccc(C#N)cc3OC(CF)CF)c12. The first-order chi connectivity index (χ1) is 16.9. The van der Waals surface area contributed by atoms with Gasteiger partial charge in [-0.3, -0.25) is 4.79 Å². The highest BCUT2D eigenvalue weighted by Gasteiger charge is 2.24. The predicted molar refractivity (Wildman–Crippen MR) is 131 cm³/mol. The van der Waals surface area contributed by atoms with Gasteiger partial charge >= 0.3 is 0 Å². The van der Waals surface area contributed by atoms with E-state index in [2.05, 4.69) is 32.5 Å². The van der Waals surface area contributed by atoms with Gasteiger partial charge in [-0.25, -0.2) is 18.7 Å². The maximum absolute atomic E-state index is 13.1. The Kier molecular flexibility index (Phi) is 7.73. The molecule has 35 heavy (non-hydrogen) atoms. The molecule has 0 spiro atoms. The second kappa shape index (κ2) is 10.9. The summed E-state index contributed by atoms with van der Waals surface area (Å²) in [6, 6.07) is 6.69. The van der Waals surface area contributed by atoms with Crippen molar-refractivity contribution in [1.29, 1.82) is 5.26 Å². The van der Waals surface area contributed by atoms with E-state index < -0.39 is 19.5 Å². The molecule has 1 fully saturated rings. The Morgan fingerprint density at radius 3 is 2.74 bits per heavy atom. The molecule has 3 heterocycles. The standard InChI is InChI=1S/C24H26F2N6O2S/c1-14-20-22(31-18-4-3-15(12-27)9-19(18)34-17(10-25)11-26)28-13-29-24(20)35-21(14)23(33)30-16-5-7-32(2)8-6-16/h3-4,9,13,16-17H,5-8,10-11H2,1-2H3,(H,30,33)(H,28,29,31). The minimum absolute atomic E-state index is 0.129. The quantitative estimate of drug-likeness (QED) is 0.479. The van der Waals surface area contributed by atoms with Crippen LogP contribution in [0.5, 0.6) is 5.75 Å². The first-order valence-electron chi connectivity index (χ1n) is 11.3. The summed E-state index contributed by atoms with van der Waals surface area (Å²) in [5.74, 6) is 0.417. The maximum atomic E-state index is 13.1. The van der Waals surface area contributed by atoms with E-state index in [1.807, 2.05) is 13.0 Å². The number of carbonyl (C=O) groups is 1. The first kappa shape index (κ1) is 24.8. The van der Waals surface area contributed by atoms with Crippen molar-refractivity contribution in [2.75, 3.05) is 38.8 Å². The Morgan fingerprint density at radius 1 is 1.31 bits per heavy atom. The van der Waals surface area contributed by atoms with Gasteiger partial charge < -0.3 is 20.3 Å². The molecule has 11 heteroatoms. The number of aromatic nitrogens is 2. The van der Waals surface area contributed by atoms with Gasteiger partial charge in [0.2, 0.25) is 0 Å². The topological polar surface area (TPSA) is 103 Å². The number of piperidine rings is 1. The molecule has 4 rings (SSSR count). The molecule has 184 valence electrons. The molecule has 8 nitrogen and oxygen atoms in total. The number of alkyl halides is 2. The Labute approximate surface area is 205 Å². The largest absolute Gasteiger partial charge is 0.483 e. The number of carbonyl (C=O) groups excluding carboxylic acids is 1. The molecule has 3 aromatic rings. The summed E-state index contributed by atoms with van der Waals surface area (Å²) in [4.78, 5) is 25.2. The molecule has 0 bridgehead atoms. The minimum atomic E-state index is -1.28. The van der Waals surface area contributed by atoms with Gasteiger partial charge in [0, 0.05) is 12.1 Å². The third-order valence-corrected chi connectivity index (χ3v) is 7.19. The number of likely N-dealkylation sites (tertiary alicyclic amines) is 1. The summed E-state index contributed by atoms with van der Waals surface area (Å²) in [5, 5.41) is 16.2. The Balaban J connectivity index is 1.63. The number of hydrogen-bond donors (Lipinski definition) is 2. The summed E-state index contributed by atoms with van der Waals surface area (Å²) in [7, 11) is 2.07. The molecule has 2 N–H and O–H groups in total. The van der Waals surface area contributed by atoms with E-state index in [1.165, 1.54) is 23.7 Å². The van der Waals surface area contributed by atoms with E-state index in [-0.39, 0.29) is 23.3 Å². The van der Waals surface area contributed by atoms with Crippen LogP contribution in [0, 0.1) is 18.3 Å². The van der Waals surface area contributed by atoms with Crippen molar-refractivity contribution in [3.05, 3.63) is 40.5 Å². The van der Waals surface area contributed by atoms with Crippen molar-refractivity contribution >= 4 is 39.0 Å². The molecule has 1 aromatic carbocycles. The molecule has 1 aliphatic heterocycles. The lowest BCUT2D eigenvalue weighted by atomic mass is 10.1. The number of amides is 1. The van der Waals surface area contributed by atoms with Crippen LogP contribution in [0.4, 0.5) is 20.3 Å². The van der Waals surface area contributed by atoms with Gasteiger partial charge in [-0.05, 0) is 57.6 Å². The van der Waals surface area contributed by atoms with E-state index in [0.29, 0.717) is 26.6 Å². The van der Waals surface area contributed by atoms with Crippen LogP contribution >= 0.6 is 11.3 Å². The number of ether oxygens (including phenoxy) is 1. The lowest BCUT2D eigenvalue weighted by Crippen LogP contribution is -2.43. The number of fused-ring (bicyclic) bond motifs is 1. The smallest absolute Gasteiger partial charge is 0.261 e. The highest BCUT2D eigenvalue weighted by Crippen LogP contribution is 2.37.